The fraction of sp³-hybridized carbons (Fsp3) is 0.333. The second-order valence-electron chi connectivity index (χ2n) is 4.26. The van der Waals surface area contributed by atoms with Gasteiger partial charge in [0.05, 0.1) is 6.04 Å². The maximum Gasteiger partial charge on any atom is 0.0578 e. The zero-order chi connectivity index (χ0) is 13.0. The average Bonchev–Trinajstić information content (AvgIpc) is 2.88. The van der Waals surface area contributed by atoms with Gasteiger partial charge >= 0.3 is 0 Å². The Bertz CT molecular complexity index is 505. The van der Waals surface area contributed by atoms with E-state index in [4.69, 9.17) is 0 Å². The first kappa shape index (κ1) is 13.5. The molecule has 1 atom stereocenters. The molecule has 1 unspecified atom stereocenters. The molecule has 0 saturated carbocycles. The molecule has 0 amide bonds. The van der Waals surface area contributed by atoms with Gasteiger partial charge in [-0.05, 0) is 49.9 Å². The maximum absolute atomic E-state index is 3.57. The van der Waals surface area contributed by atoms with Crippen LogP contribution >= 0.6 is 23.1 Å². The van der Waals surface area contributed by atoms with Gasteiger partial charge in [-0.1, -0.05) is 13.0 Å². The summed E-state index contributed by atoms with van der Waals surface area (Å²) in [4.78, 5) is 4.16. The van der Waals surface area contributed by atoms with Gasteiger partial charge in [-0.3, -0.25) is 0 Å². The molecule has 0 fully saturated rings. The first-order valence-corrected chi connectivity index (χ1v) is 8.26. The van der Waals surface area contributed by atoms with Crippen molar-refractivity contribution < 1.29 is 0 Å². The van der Waals surface area contributed by atoms with Crippen molar-refractivity contribution in [3.05, 3.63) is 46.2 Å². The molecule has 1 aromatic carbocycles. The number of hydrogen-bond acceptors (Lipinski definition) is 3. The summed E-state index contributed by atoms with van der Waals surface area (Å²) in [7, 11) is 0. The number of anilines is 1. The number of rotatable bonds is 5. The first-order chi connectivity index (χ1) is 8.72. The van der Waals surface area contributed by atoms with Crippen LogP contribution in [0, 0.1) is 0 Å². The summed E-state index contributed by atoms with van der Waals surface area (Å²) in [6.07, 6.45) is 3.23. The van der Waals surface area contributed by atoms with Crippen molar-refractivity contribution in [2.45, 2.75) is 31.2 Å². The third-order valence-corrected chi connectivity index (χ3v) is 5.05. The average molecular weight is 277 g/mol. The van der Waals surface area contributed by atoms with E-state index in [-0.39, 0.29) is 0 Å². The minimum atomic E-state index is 0.368. The van der Waals surface area contributed by atoms with Gasteiger partial charge in [0.1, 0.15) is 0 Å². The molecular formula is C15H19NS2. The second-order valence-corrected chi connectivity index (χ2v) is 6.34. The van der Waals surface area contributed by atoms with E-state index < -0.39 is 0 Å². The lowest BCUT2D eigenvalue weighted by Crippen LogP contribution is -2.04. The van der Waals surface area contributed by atoms with Crippen LogP contribution in [-0.4, -0.2) is 6.26 Å². The fourth-order valence-electron chi connectivity index (χ4n) is 1.85. The Morgan fingerprint density at radius 1 is 1.28 bits per heavy atom. The molecular weight excluding hydrogens is 258 g/mol. The third kappa shape index (κ3) is 3.30. The molecule has 1 heterocycles. The molecule has 2 aromatic rings. The van der Waals surface area contributed by atoms with Gasteiger partial charge in [0.15, 0.2) is 0 Å². The molecule has 0 spiro atoms. The topological polar surface area (TPSA) is 12.0 Å². The van der Waals surface area contributed by atoms with Crippen LogP contribution in [0.4, 0.5) is 5.69 Å². The summed E-state index contributed by atoms with van der Waals surface area (Å²) in [5.41, 5.74) is 1.20. The van der Waals surface area contributed by atoms with Crippen LogP contribution in [0.3, 0.4) is 0 Å². The van der Waals surface area contributed by atoms with E-state index in [1.165, 1.54) is 20.3 Å². The van der Waals surface area contributed by atoms with Crippen LogP contribution in [-0.2, 0) is 6.42 Å². The number of nitrogens with one attached hydrogen (secondary N) is 1. The zero-order valence-electron chi connectivity index (χ0n) is 11.1. The van der Waals surface area contributed by atoms with Crippen molar-refractivity contribution in [3.8, 4) is 0 Å². The highest BCUT2D eigenvalue weighted by molar-refractivity contribution is 7.98. The van der Waals surface area contributed by atoms with Crippen LogP contribution in [0.2, 0.25) is 0 Å². The molecule has 1 N–H and O–H groups in total. The van der Waals surface area contributed by atoms with Crippen LogP contribution in [0.5, 0.6) is 0 Å². The quantitative estimate of drug-likeness (QED) is 0.753. The van der Waals surface area contributed by atoms with E-state index >= 15 is 0 Å². The second kappa shape index (κ2) is 6.30. The van der Waals surface area contributed by atoms with Gasteiger partial charge in [-0.2, -0.15) is 0 Å². The Labute approximate surface area is 118 Å². The fourth-order valence-corrected chi connectivity index (χ4v) is 3.27. The lowest BCUT2D eigenvalue weighted by atomic mass is 10.2. The Morgan fingerprint density at radius 2 is 2.11 bits per heavy atom. The SMILES string of the molecule is CCc1ccc(C(C)Nc2cccc(SC)c2)s1. The highest BCUT2D eigenvalue weighted by Gasteiger charge is 2.08. The smallest absolute Gasteiger partial charge is 0.0578 e. The molecule has 0 bridgehead atoms. The van der Waals surface area contributed by atoms with Crippen LogP contribution in [0.1, 0.15) is 29.6 Å². The largest absolute Gasteiger partial charge is 0.378 e. The molecule has 3 heteroatoms. The summed E-state index contributed by atoms with van der Waals surface area (Å²) in [5, 5.41) is 3.57. The van der Waals surface area contributed by atoms with Crippen LogP contribution < -0.4 is 5.32 Å². The normalized spacial score (nSPS) is 12.4. The number of thiophene rings is 1. The Morgan fingerprint density at radius 3 is 2.78 bits per heavy atom. The first-order valence-electron chi connectivity index (χ1n) is 6.22. The monoisotopic (exact) mass is 277 g/mol. The predicted molar refractivity (Wildman–Crippen MR) is 84.0 cm³/mol. The minimum Gasteiger partial charge on any atom is -0.378 e. The van der Waals surface area contributed by atoms with E-state index in [0.717, 1.165) is 6.42 Å². The summed E-state index contributed by atoms with van der Waals surface area (Å²) < 4.78 is 0. The van der Waals surface area contributed by atoms with Gasteiger partial charge in [-0.15, -0.1) is 23.1 Å². The molecule has 0 radical (unpaired) electrons. The number of aryl methyl sites for hydroxylation is 1. The van der Waals surface area contributed by atoms with Gasteiger partial charge in [0.25, 0.3) is 0 Å². The van der Waals surface area contributed by atoms with Crippen molar-refractivity contribution in [1.29, 1.82) is 0 Å². The van der Waals surface area contributed by atoms with E-state index in [2.05, 4.69) is 61.8 Å². The number of benzene rings is 1. The van der Waals surface area contributed by atoms with Crippen molar-refractivity contribution >= 4 is 28.8 Å². The standard InChI is InChI=1S/C15H19NS2/c1-4-13-8-9-15(18-13)11(2)16-12-6-5-7-14(10-12)17-3/h5-11,16H,4H2,1-3H3. The number of hydrogen-bond donors (Lipinski definition) is 1. The van der Waals surface area contributed by atoms with E-state index in [1.807, 2.05) is 11.3 Å². The van der Waals surface area contributed by atoms with Crippen molar-refractivity contribution in [3.63, 3.8) is 0 Å². The van der Waals surface area contributed by atoms with E-state index in [0.29, 0.717) is 6.04 Å². The summed E-state index contributed by atoms with van der Waals surface area (Å²) >= 11 is 3.68. The highest BCUT2D eigenvalue weighted by Crippen LogP contribution is 2.27. The van der Waals surface area contributed by atoms with Gasteiger partial charge < -0.3 is 5.32 Å². The molecule has 2 rings (SSSR count). The molecule has 0 aliphatic rings. The Kier molecular flexibility index (Phi) is 4.72. The van der Waals surface area contributed by atoms with Crippen molar-refractivity contribution in [2.24, 2.45) is 0 Å². The Hall–Kier alpha value is -0.930. The molecule has 0 aliphatic carbocycles. The molecule has 0 saturated heterocycles. The van der Waals surface area contributed by atoms with Crippen LogP contribution in [0.25, 0.3) is 0 Å². The minimum absolute atomic E-state index is 0.368. The van der Waals surface area contributed by atoms with Crippen molar-refractivity contribution in [2.75, 3.05) is 11.6 Å². The van der Waals surface area contributed by atoms with E-state index in [9.17, 15) is 0 Å². The zero-order valence-corrected chi connectivity index (χ0v) is 12.7. The summed E-state index contributed by atoms with van der Waals surface area (Å²) in [6, 6.07) is 13.4. The summed E-state index contributed by atoms with van der Waals surface area (Å²) in [5.74, 6) is 0. The Balaban J connectivity index is 2.08. The molecule has 0 aliphatic heterocycles. The highest BCUT2D eigenvalue weighted by atomic mass is 32.2. The van der Waals surface area contributed by atoms with Crippen molar-refractivity contribution in [1.82, 2.24) is 0 Å². The predicted octanol–water partition coefficient (Wildman–Crippen LogP) is 5.21. The molecule has 1 aromatic heterocycles. The number of thioether (sulfide) groups is 1. The maximum atomic E-state index is 3.57. The molecule has 1 nitrogen and oxygen atoms in total. The molecule has 18 heavy (non-hydrogen) atoms. The van der Waals surface area contributed by atoms with Crippen LogP contribution in [0.15, 0.2) is 41.3 Å². The lowest BCUT2D eigenvalue weighted by Gasteiger charge is -2.14. The summed E-state index contributed by atoms with van der Waals surface area (Å²) in [6.45, 7) is 4.42. The lowest BCUT2D eigenvalue weighted by molar-refractivity contribution is 0.907. The molecule has 96 valence electrons. The van der Waals surface area contributed by atoms with Gasteiger partial charge in [-0.25, -0.2) is 0 Å². The third-order valence-electron chi connectivity index (χ3n) is 2.91. The van der Waals surface area contributed by atoms with Gasteiger partial charge in [0, 0.05) is 20.3 Å². The van der Waals surface area contributed by atoms with E-state index in [1.54, 1.807) is 11.8 Å². The van der Waals surface area contributed by atoms with Gasteiger partial charge in [0.2, 0.25) is 0 Å².